The van der Waals surface area contributed by atoms with Gasteiger partial charge >= 0.3 is 0 Å². The van der Waals surface area contributed by atoms with Crippen LogP contribution in [0.1, 0.15) is 25.7 Å². The van der Waals surface area contributed by atoms with Crippen LogP contribution in [0.25, 0.3) is 0 Å². The summed E-state index contributed by atoms with van der Waals surface area (Å²) in [6, 6.07) is 39.6. The van der Waals surface area contributed by atoms with Crippen LogP contribution in [0.4, 0.5) is 0 Å². The van der Waals surface area contributed by atoms with Gasteiger partial charge in [-0.2, -0.15) is 0 Å². The molecule has 0 bridgehead atoms. The Morgan fingerprint density at radius 2 is 0.647 bits per heavy atom. The molecule has 0 aliphatic heterocycles. The Morgan fingerprint density at radius 1 is 0.412 bits per heavy atom. The van der Waals surface area contributed by atoms with Gasteiger partial charge in [0, 0.05) is 32.5 Å². The molecular weight excluding hydrogens is 454 g/mol. The minimum atomic E-state index is -3.07. The van der Waals surface area contributed by atoms with E-state index < -0.39 is 14.3 Å². The van der Waals surface area contributed by atoms with E-state index in [0.717, 1.165) is 46.9 Å². The van der Waals surface area contributed by atoms with Crippen molar-refractivity contribution in [2.75, 3.05) is 0 Å². The lowest BCUT2D eigenvalue weighted by molar-refractivity contribution is 0.480. The van der Waals surface area contributed by atoms with Crippen molar-refractivity contribution in [1.82, 2.24) is 0 Å². The fourth-order valence-corrected chi connectivity index (χ4v) is 13.7. The van der Waals surface area contributed by atoms with E-state index >= 15 is 9.13 Å². The summed E-state index contributed by atoms with van der Waals surface area (Å²) in [6.07, 6.45) is 3.65. The lowest BCUT2D eigenvalue weighted by Gasteiger charge is -2.42. The van der Waals surface area contributed by atoms with Crippen molar-refractivity contribution < 1.29 is 9.13 Å². The van der Waals surface area contributed by atoms with E-state index in [0.29, 0.717) is 0 Å². The SMILES string of the molecule is O=P(c1ccccc1)(c1ccccc1)[C@H]1CCCC[C@@H]1P(=O)(c1ccccc1)c1ccccc1. The van der Waals surface area contributed by atoms with Gasteiger partial charge < -0.3 is 9.13 Å². The van der Waals surface area contributed by atoms with Gasteiger partial charge in [0.15, 0.2) is 0 Å². The quantitative estimate of drug-likeness (QED) is 0.300. The summed E-state index contributed by atoms with van der Waals surface area (Å²) in [5, 5.41) is 3.47. The van der Waals surface area contributed by atoms with E-state index in [1.807, 2.05) is 121 Å². The van der Waals surface area contributed by atoms with Crippen molar-refractivity contribution >= 4 is 35.5 Å². The van der Waals surface area contributed by atoms with Crippen LogP contribution >= 0.6 is 14.3 Å². The number of rotatable bonds is 6. The predicted molar refractivity (Wildman–Crippen MR) is 146 cm³/mol. The van der Waals surface area contributed by atoms with Gasteiger partial charge in [-0.25, -0.2) is 0 Å². The van der Waals surface area contributed by atoms with Crippen molar-refractivity contribution in [2.45, 2.75) is 37.0 Å². The summed E-state index contributed by atoms with van der Waals surface area (Å²) in [5.41, 5.74) is -0.366. The van der Waals surface area contributed by atoms with Crippen LogP contribution in [-0.2, 0) is 9.13 Å². The Morgan fingerprint density at radius 3 is 0.882 bits per heavy atom. The third-order valence-corrected chi connectivity index (χ3v) is 14.8. The van der Waals surface area contributed by atoms with Crippen molar-refractivity contribution in [3.63, 3.8) is 0 Å². The average Bonchev–Trinajstić information content (AvgIpc) is 2.94. The molecule has 1 saturated carbocycles. The van der Waals surface area contributed by atoms with Crippen molar-refractivity contribution in [2.24, 2.45) is 0 Å². The van der Waals surface area contributed by atoms with Crippen molar-refractivity contribution in [3.05, 3.63) is 121 Å². The summed E-state index contributed by atoms with van der Waals surface area (Å²) in [5.74, 6) is 0. The summed E-state index contributed by atoms with van der Waals surface area (Å²) in [6.45, 7) is 0. The third-order valence-electron chi connectivity index (χ3n) is 7.19. The molecule has 2 nitrogen and oxygen atoms in total. The summed E-state index contributed by atoms with van der Waals surface area (Å²) in [4.78, 5) is 0. The van der Waals surface area contributed by atoms with Crippen molar-refractivity contribution in [3.8, 4) is 0 Å². The molecule has 4 aromatic rings. The molecular formula is C30H30O2P2. The van der Waals surface area contributed by atoms with E-state index in [2.05, 4.69) is 0 Å². The second-order valence-electron chi connectivity index (χ2n) is 9.08. The van der Waals surface area contributed by atoms with Crippen LogP contribution in [0.5, 0.6) is 0 Å². The van der Waals surface area contributed by atoms with Gasteiger partial charge in [-0.3, -0.25) is 0 Å². The Kier molecular flexibility index (Phi) is 6.73. The number of hydrogen-bond donors (Lipinski definition) is 0. The molecule has 0 amide bonds. The van der Waals surface area contributed by atoms with Crippen LogP contribution < -0.4 is 21.2 Å². The van der Waals surface area contributed by atoms with Crippen LogP contribution in [0.2, 0.25) is 0 Å². The molecule has 172 valence electrons. The molecule has 0 saturated heterocycles. The van der Waals surface area contributed by atoms with E-state index in [9.17, 15) is 0 Å². The Labute approximate surface area is 202 Å². The molecule has 1 aliphatic rings. The molecule has 0 aromatic heterocycles. The Hall–Kier alpha value is -2.66. The Balaban J connectivity index is 1.74. The van der Waals surface area contributed by atoms with Gasteiger partial charge in [-0.05, 0) is 12.8 Å². The van der Waals surface area contributed by atoms with Gasteiger partial charge in [0.1, 0.15) is 14.3 Å². The lowest BCUT2D eigenvalue weighted by atomic mass is 9.99. The van der Waals surface area contributed by atoms with E-state index in [1.54, 1.807) is 0 Å². The van der Waals surface area contributed by atoms with E-state index in [1.165, 1.54) is 0 Å². The minimum absolute atomic E-state index is 0.183. The maximum Gasteiger partial charge on any atom is 0.146 e. The fraction of sp³-hybridized carbons (Fsp3) is 0.200. The first kappa shape index (κ1) is 23.1. The van der Waals surface area contributed by atoms with Gasteiger partial charge in [-0.15, -0.1) is 0 Å². The second kappa shape index (κ2) is 9.91. The maximum atomic E-state index is 15.4. The monoisotopic (exact) mass is 484 g/mol. The summed E-state index contributed by atoms with van der Waals surface area (Å²) < 4.78 is 30.7. The van der Waals surface area contributed by atoms with E-state index in [4.69, 9.17) is 0 Å². The van der Waals surface area contributed by atoms with E-state index in [-0.39, 0.29) is 11.3 Å². The summed E-state index contributed by atoms with van der Waals surface area (Å²) >= 11 is 0. The highest BCUT2D eigenvalue weighted by atomic mass is 31.2. The number of hydrogen-bond acceptors (Lipinski definition) is 2. The maximum absolute atomic E-state index is 15.4. The largest absolute Gasteiger partial charge is 0.313 e. The van der Waals surface area contributed by atoms with Gasteiger partial charge in [0.05, 0.1) is 0 Å². The normalized spacial score (nSPS) is 18.9. The standard InChI is InChI=1S/C30H30O2P2/c31-33(25-15-5-1-6-16-25,26-17-7-2-8-18-26)29-23-13-14-24-30(29)34(32,27-19-9-3-10-20-27)28-21-11-4-12-22-28/h1-12,15-22,29-30H,13-14,23-24H2/t29-,30-/m0/s1. The molecule has 0 heterocycles. The zero-order valence-electron chi connectivity index (χ0n) is 19.2. The second-order valence-corrected chi connectivity index (χ2v) is 15.1. The minimum Gasteiger partial charge on any atom is -0.313 e. The first-order chi connectivity index (χ1) is 16.6. The number of benzene rings is 4. The third kappa shape index (κ3) is 4.04. The van der Waals surface area contributed by atoms with Crippen molar-refractivity contribution in [1.29, 1.82) is 0 Å². The fourth-order valence-electron chi connectivity index (χ4n) is 5.60. The van der Waals surface area contributed by atoms with Gasteiger partial charge in [0.25, 0.3) is 0 Å². The molecule has 2 atom stereocenters. The van der Waals surface area contributed by atoms with Crippen LogP contribution in [0.3, 0.4) is 0 Å². The molecule has 0 N–H and O–H groups in total. The smallest absolute Gasteiger partial charge is 0.146 e. The highest BCUT2D eigenvalue weighted by molar-refractivity contribution is 7.83. The molecule has 4 heteroatoms. The molecule has 4 aromatic carbocycles. The first-order valence-corrected chi connectivity index (χ1v) is 15.6. The molecule has 1 fully saturated rings. The molecule has 0 spiro atoms. The zero-order chi connectivity index (χ0) is 23.4. The average molecular weight is 485 g/mol. The topological polar surface area (TPSA) is 34.1 Å². The molecule has 0 unspecified atom stereocenters. The highest BCUT2D eigenvalue weighted by Crippen LogP contribution is 2.63. The van der Waals surface area contributed by atoms with Crippen LogP contribution in [0, 0.1) is 0 Å². The molecule has 1 aliphatic carbocycles. The molecule has 5 rings (SSSR count). The van der Waals surface area contributed by atoms with Gasteiger partial charge in [-0.1, -0.05) is 134 Å². The van der Waals surface area contributed by atoms with Gasteiger partial charge in [0.2, 0.25) is 0 Å². The lowest BCUT2D eigenvalue weighted by Crippen LogP contribution is -2.41. The Bertz CT molecular complexity index is 1110. The predicted octanol–water partition coefficient (Wildman–Crippen LogP) is 6.33. The van der Waals surface area contributed by atoms with Crippen LogP contribution in [-0.4, -0.2) is 11.3 Å². The van der Waals surface area contributed by atoms with Crippen LogP contribution in [0.15, 0.2) is 121 Å². The molecule has 0 radical (unpaired) electrons. The molecule has 34 heavy (non-hydrogen) atoms. The summed E-state index contributed by atoms with van der Waals surface area (Å²) in [7, 11) is -6.13. The highest BCUT2D eigenvalue weighted by Gasteiger charge is 2.50. The zero-order valence-corrected chi connectivity index (χ0v) is 21.0. The first-order valence-electron chi connectivity index (χ1n) is 12.1.